The fourth-order valence-electron chi connectivity index (χ4n) is 6.31. The zero-order valence-corrected chi connectivity index (χ0v) is 28.7. The monoisotopic (exact) mass is 580 g/mol. The number of carboxylic acids is 1. The zero-order chi connectivity index (χ0) is 30.1. The van der Waals surface area contributed by atoms with Crippen molar-refractivity contribution in [3.8, 4) is 0 Å². The van der Waals surface area contributed by atoms with E-state index in [0.29, 0.717) is 0 Å². The number of unbranched alkanes of at least 4 members (excludes halogenated alkanes) is 28. The molecular weight excluding hydrogens is 502 g/mol. The molecule has 0 fully saturated rings. The quantitative estimate of drug-likeness (QED) is 0.0759. The maximum atomic E-state index is 11.3. The van der Waals surface area contributed by atoms with Crippen LogP contribution in [0.15, 0.2) is 0 Å². The van der Waals surface area contributed by atoms with Crippen molar-refractivity contribution in [2.24, 2.45) is 0 Å². The summed E-state index contributed by atoms with van der Waals surface area (Å²) in [5, 5.41) is 9.31. The van der Waals surface area contributed by atoms with Crippen molar-refractivity contribution in [2.45, 2.75) is 226 Å². The van der Waals surface area contributed by atoms with Crippen molar-refractivity contribution in [1.82, 2.24) is 4.90 Å². The van der Waals surface area contributed by atoms with Gasteiger partial charge in [0.1, 0.15) is 0 Å². The minimum atomic E-state index is -0.657. The van der Waals surface area contributed by atoms with E-state index in [-0.39, 0.29) is 12.5 Å². The second-order valence-electron chi connectivity index (χ2n) is 13.4. The highest BCUT2D eigenvalue weighted by Gasteiger charge is 2.16. The van der Waals surface area contributed by atoms with E-state index in [1.165, 1.54) is 193 Å². The van der Waals surface area contributed by atoms with E-state index in [0.717, 1.165) is 13.1 Å². The van der Waals surface area contributed by atoms with Crippen LogP contribution in [-0.2, 0) is 4.79 Å². The van der Waals surface area contributed by atoms with E-state index < -0.39 is 5.97 Å². The average molecular weight is 580 g/mol. The Bertz CT molecular complexity index is 475. The van der Waals surface area contributed by atoms with Gasteiger partial charge in [0.05, 0.1) is 6.42 Å². The minimum Gasteiger partial charge on any atom is -0.481 e. The Balaban J connectivity index is 3.69. The fourth-order valence-corrected chi connectivity index (χ4v) is 6.31. The lowest BCUT2D eigenvalue weighted by Gasteiger charge is -2.28. The van der Waals surface area contributed by atoms with Gasteiger partial charge in [0.2, 0.25) is 0 Å². The second-order valence-corrected chi connectivity index (χ2v) is 13.4. The molecule has 1 unspecified atom stereocenters. The lowest BCUT2D eigenvalue weighted by molar-refractivity contribution is -0.138. The molecule has 0 aromatic rings. The van der Waals surface area contributed by atoms with Gasteiger partial charge in [0.15, 0.2) is 0 Å². The van der Waals surface area contributed by atoms with Crippen LogP contribution in [0.3, 0.4) is 0 Å². The Labute approximate surface area is 259 Å². The summed E-state index contributed by atoms with van der Waals surface area (Å²) in [6.07, 6.45) is 42.1. The van der Waals surface area contributed by atoms with Crippen LogP contribution >= 0.6 is 0 Å². The number of nitrogens with zero attached hydrogens (tertiary/aromatic N) is 1. The molecule has 0 heterocycles. The van der Waals surface area contributed by atoms with Crippen molar-refractivity contribution in [2.75, 3.05) is 13.1 Å². The first-order valence-corrected chi connectivity index (χ1v) is 19.1. The molecule has 41 heavy (non-hydrogen) atoms. The molecule has 0 amide bonds. The molecule has 0 aromatic heterocycles. The second kappa shape index (κ2) is 33.9. The Kier molecular flexibility index (Phi) is 33.5. The number of hydrogen-bond acceptors (Lipinski definition) is 2. The van der Waals surface area contributed by atoms with Gasteiger partial charge >= 0.3 is 5.97 Å². The van der Waals surface area contributed by atoms with Crippen molar-refractivity contribution in [1.29, 1.82) is 0 Å². The Morgan fingerprint density at radius 2 is 0.659 bits per heavy atom. The van der Waals surface area contributed by atoms with Gasteiger partial charge in [-0.25, -0.2) is 0 Å². The normalized spacial score (nSPS) is 12.4. The highest BCUT2D eigenvalue weighted by Crippen LogP contribution is 2.16. The molecule has 0 saturated carbocycles. The molecule has 3 heteroatoms. The first kappa shape index (κ1) is 40.4. The molecule has 0 bridgehead atoms. The number of hydrogen-bond donors (Lipinski definition) is 1. The summed E-state index contributed by atoms with van der Waals surface area (Å²) in [5.74, 6) is -0.657. The highest BCUT2D eigenvalue weighted by atomic mass is 16.4. The smallest absolute Gasteiger partial charge is 0.304 e. The molecule has 3 nitrogen and oxygen atoms in total. The van der Waals surface area contributed by atoms with Crippen LogP contribution in [-0.4, -0.2) is 35.1 Å². The van der Waals surface area contributed by atoms with Gasteiger partial charge in [0.25, 0.3) is 0 Å². The van der Waals surface area contributed by atoms with Crippen molar-refractivity contribution < 1.29 is 9.90 Å². The number of carbonyl (C=O) groups is 1. The average Bonchev–Trinajstić information content (AvgIpc) is 2.95. The minimum absolute atomic E-state index is 0.158. The summed E-state index contributed by atoms with van der Waals surface area (Å²) < 4.78 is 0. The summed E-state index contributed by atoms with van der Waals surface area (Å²) in [7, 11) is 0. The van der Waals surface area contributed by atoms with Crippen LogP contribution < -0.4 is 0 Å². The Morgan fingerprint density at radius 3 is 0.878 bits per heavy atom. The Hall–Kier alpha value is -0.570. The summed E-state index contributed by atoms with van der Waals surface area (Å²) in [5.41, 5.74) is 0. The third kappa shape index (κ3) is 32.2. The molecule has 0 radical (unpaired) electrons. The predicted molar refractivity (Wildman–Crippen MR) is 183 cm³/mol. The van der Waals surface area contributed by atoms with Crippen LogP contribution in [0, 0.1) is 0 Å². The van der Waals surface area contributed by atoms with E-state index in [1.807, 2.05) is 0 Å². The third-order valence-electron chi connectivity index (χ3n) is 9.19. The van der Waals surface area contributed by atoms with Crippen LogP contribution in [0.1, 0.15) is 220 Å². The van der Waals surface area contributed by atoms with E-state index in [4.69, 9.17) is 0 Å². The molecule has 0 aliphatic rings. The van der Waals surface area contributed by atoms with Crippen LogP contribution in [0.25, 0.3) is 0 Å². The fraction of sp³-hybridized carbons (Fsp3) is 0.974. The topological polar surface area (TPSA) is 40.5 Å². The lowest BCUT2D eigenvalue weighted by atomic mass is 10.0. The maximum Gasteiger partial charge on any atom is 0.304 e. The maximum absolute atomic E-state index is 11.3. The van der Waals surface area contributed by atoms with Gasteiger partial charge in [-0.3, -0.25) is 4.79 Å². The molecule has 0 aliphatic heterocycles. The third-order valence-corrected chi connectivity index (χ3v) is 9.19. The van der Waals surface area contributed by atoms with Gasteiger partial charge in [0, 0.05) is 6.04 Å². The van der Waals surface area contributed by atoms with Gasteiger partial charge in [-0.2, -0.15) is 0 Å². The summed E-state index contributed by atoms with van der Waals surface area (Å²) >= 11 is 0. The highest BCUT2D eigenvalue weighted by molar-refractivity contribution is 5.67. The van der Waals surface area contributed by atoms with Gasteiger partial charge in [-0.05, 0) is 32.9 Å². The summed E-state index contributed by atoms with van der Waals surface area (Å²) in [6.45, 7) is 8.85. The van der Waals surface area contributed by atoms with Crippen LogP contribution in [0.4, 0.5) is 0 Å². The van der Waals surface area contributed by atoms with Gasteiger partial charge < -0.3 is 10.0 Å². The van der Waals surface area contributed by atoms with E-state index in [1.54, 1.807) is 0 Å². The molecule has 1 atom stereocenters. The van der Waals surface area contributed by atoms with Crippen molar-refractivity contribution >= 4 is 5.97 Å². The van der Waals surface area contributed by atoms with E-state index in [9.17, 15) is 9.90 Å². The van der Waals surface area contributed by atoms with E-state index >= 15 is 0 Å². The standard InChI is InChI=1S/C38H77NO2/c1-4-6-8-10-12-14-16-18-20-22-24-26-28-30-32-34-39(37(3)36-38(40)41)35-33-31-29-27-25-23-21-19-17-15-13-11-9-7-5-2/h37H,4-36H2,1-3H3,(H,40,41). The van der Waals surface area contributed by atoms with Gasteiger partial charge in [-0.15, -0.1) is 0 Å². The largest absolute Gasteiger partial charge is 0.481 e. The lowest BCUT2D eigenvalue weighted by Crippen LogP contribution is -2.36. The number of rotatable bonds is 35. The van der Waals surface area contributed by atoms with Crippen LogP contribution in [0.2, 0.25) is 0 Å². The van der Waals surface area contributed by atoms with Crippen molar-refractivity contribution in [3.63, 3.8) is 0 Å². The molecule has 0 aliphatic carbocycles. The Morgan fingerprint density at radius 1 is 0.439 bits per heavy atom. The molecule has 0 aromatic carbocycles. The van der Waals surface area contributed by atoms with Crippen LogP contribution in [0.5, 0.6) is 0 Å². The molecule has 246 valence electrons. The number of aliphatic carboxylic acids is 1. The summed E-state index contributed by atoms with van der Waals surface area (Å²) in [4.78, 5) is 13.8. The molecule has 1 N–H and O–H groups in total. The number of carboxylic acid groups (broad SMARTS) is 1. The SMILES string of the molecule is CCCCCCCCCCCCCCCCCN(CCCCCCCCCCCCCCCCC)C(C)CC(=O)O. The first-order chi connectivity index (χ1) is 20.1. The summed E-state index contributed by atoms with van der Waals surface area (Å²) in [6, 6.07) is 0.158. The first-order valence-electron chi connectivity index (χ1n) is 19.1. The molecular formula is C38H77NO2. The predicted octanol–water partition coefficient (Wildman–Crippen LogP) is 12.9. The zero-order valence-electron chi connectivity index (χ0n) is 28.7. The molecule has 0 rings (SSSR count). The molecule has 0 spiro atoms. The van der Waals surface area contributed by atoms with Gasteiger partial charge in [-0.1, -0.05) is 194 Å². The van der Waals surface area contributed by atoms with E-state index in [2.05, 4.69) is 25.7 Å². The van der Waals surface area contributed by atoms with Crippen molar-refractivity contribution in [3.05, 3.63) is 0 Å². The molecule has 0 saturated heterocycles.